The third kappa shape index (κ3) is 3.04. The van der Waals surface area contributed by atoms with Crippen LogP contribution in [0.25, 0.3) is 10.9 Å². The Morgan fingerprint density at radius 3 is 2.90 bits per heavy atom. The van der Waals surface area contributed by atoms with Crippen molar-refractivity contribution in [3.05, 3.63) is 42.1 Å². The van der Waals surface area contributed by atoms with Gasteiger partial charge in [-0.2, -0.15) is 0 Å². The van der Waals surface area contributed by atoms with Crippen LogP contribution in [0.3, 0.4) is 0 Å². The number of para-hydroxylation sites is 1. The molecular formula is C16H18N2O3. The molecule has 5 nitrogen and oxygen atoms in total. The van der Waals surface area contributed by atoms with Crippen molar-refractivity contribution in [3.8, 4) is 0 Å². The van der Waals surface area contributed by atoms with Gasteiger partial charge in [0.15, 0.2) is 0 Å². The summed E-state index contributed by atoms with van der Waals surface area (Å²) >= 11 is 0. The van der Waals surface area contributed by atoms with Gasteiger partial charge in [-0.1, -0.05) is 24.3 Å². The Hall–Kier alpha value is -1.98. The molecule has 1 fully saturated rings. The molecule has 1 saturated heterocycles. The van der Waals surface area contributed by atoms with E-state index in [1.54, 1.807) is 0 Å². The highest BCUT2D eigenvalue weighted by atomic mass is 16.5. The molecule has 1 aromatic heterocycles. The maximum Gasteiger partial charge on any atom is 0.329 e. The Labute approximate surface area is 123 Å². The summed E-state index contributed by atoms with van der Waals surface area (Å²) in [5, 5.41) is 9.81. The lowest BCUT2D eigenvalue weighted by Gasteiger charge is -2.47. The fourth-order valence-electron chi connectivity index (χ4n) is 2.87. The Kier molecular flexibility index (Phi) is 3.61. The van der Waals surface area contributed by atoms with Gasteiger partial charge in [0.25, 0.3) is 0 Å². The largest absolute Gasteiger partial charge is 0.480 e. The summed E-state index contributed by atoms with van der Waals surface area (Å²) in [7, 11) is 0. The van der Waals surface area contributed by atoms with Crippen molar-refractivity contribution in [2.75, 3.05) is 19.7 Å². The monoisotopic (exact) mass is 286 g/mol. The molecule has 1 aromatic carbocycles. The van der Waals surface area contributed by atoms with Crippen LogP contribution < -0.4 is 0 Å². The number of hydrogen-bond acceptors (Lipinski definition) is 4. The number of fused-ring (bicyclic) bond motifs is 1. The zero-order valence-corrected chi connectivity index (χ0v) is 12.0. The van der Waals surface area contributed by atoms with Crippen LogP contribution in [-0.2, 0) is 16.1 Å². The Bertz CT molecular complexity index is 660. The van der Waals surface area contributed by atoms with Gasteiger partial charge in [0.2, 0.25) is 0 Å². The van der Waals surface area contributed by atoms with E-state index in [0.717, 1.165) is 30.5 Å². The number of rotatable bonds is 5. The molecule has 0 amide bonds. The molecular weight excluding hydrogens is 268 g/mol. The van der Waals surface area contributed by atoms with Crippen LogP contribution in [0.1, 0.15) is 12.5 Å². The van der Waals surface area contributed by atoms with Crippen LogP contribution in [0.4, 0.5) is 0 Å². The normalized spacial score (nSPS) is 17.6. The molecule has 0 aliphatic carbocycles. The lowest BCUT2D eigenvalue weighted by atomic mass is 9.95. The van der Waals surface area contributed by atoms with Crippen molar-refractivity contribution < 1.29 is 14.6 Å². The summed E-state index contributed by atoms with van der Waals surface area (Å²) in [6.07, 6.45) is 1.81. The van der Waals surface area contributed by atoms with Gasteiger partial charge >= 0.3 is 5.97 Å². The highest BCUT2D eigenvalue weighted by Crippen LogP contribution is 2.27. The van der Waals surface area contributed by atoms with Crippen LogP contribution in [0, 0.1) is 0 Å². The average molecular weight is 286 g/mol. The molecule has 0 spiro atoms. The van der Waals surface area contributed by atoms with E-state index in [1.165, 1.54) is 5.56 Å². The molecule has 110 valence electrons. The lowest BCUT2D eigenvalue weighted by Crippen LogP contribution is -2.61. The van der Waals surface area contributed by atoms with E-state index in [4.69, 9.17) is 9.84 Å². The number of carboxylic acid groups (broad SMARTS) is 1. The quantitative estimate of drug-likeness (QED) is 0.909. The smallest absolute Gasteiger partial charge is 0.329 e. The minimum atomic E-state index is -0.923. The first-order valence-corrected chi connectivity index (χ1v) is 6.96. The van der Waals surface area contributed by atoms with Gasteiger partial charge < -0.3 is 9.84 Å². The van der Waals surface area contributed by atoms with Crippen molar-refractivity contribution in [2.24, 2.45) is 0 Å². The van der Waals surface area contributed by atoms with E-state index in [2.05, 4.69) is 28.1 Å². The molecule has 0 bridgehead atoms. The van der Waals surface area contributed by atoms with Gasteiger partial charge in [0.05, 0.1) is 11.1 Å². The topological polar surface area (TPSA) is 62.7 Å². The van der Waals surface area contributed by atoms with Crippen LogP contribution >= 0.6 is 0 Å². The van der Waals surface area contributed by atoms with E-state index in [1.807, 2.05) is 25.3 Å². The lowest BCUT2D eigenvalue weighted by molar-refractivity contribution is -0.165. The third-order valence-corrected chi connectivity index (χ3v) is 3.77. The number of nitrogens with zero attached hydrogens (tertiary/aromatic N) is 2. The van der Waals surface area contributed by atoms with Crippen molar-refractivity contribution in [1.29, 1.82) is 0 Å². The van der Waals surface area contributed by atoms with Gasteiger partial charge in [0, 0.05) is 31.2 Å². The molecule has 0 unspecified atom stereocenters. The Balaban J connectivity index is 1.65. The van der Waals surface area contributed by atoms with E-state index >= 15 is 0 Å². The molecule has 1 N–H and O–H groups in total. The maximum atomic E-state index is 10.6. The summed E-state index contributed by atoms with van der Waals surface area (Å²) in [5.41, 5.74) is 1.87. The fraction of sp³-hybridized carbons (Fsp3) is 0.375. The molecule has 1 aliphatic heterocycles. The van der Waals surface area contributed by atoms with Crippen molar-refractivity contribution in [3.63, 3.8) is 0 Å². The first kappa shape index (κ1) is 14.0. The van der Waals surface area contributed by atoms with Gasteiger partial charge in [0.1, 0.15) is 6.61 Å². The molecule has 0 saturated carbocycles. The highest BCUT2D eigenvalue weighted by Gasteiger charge is 2.40. The molecule has 5 heteroatoms. The molecule has 2 heterocycles. The number of pyridine rings is 1. The summed E-state index contributed by atoms with van der Waals surface area (Å²) in [6.45, 7) is 4.00. The third-order valence-electron chi connectivity index (χ3n) is 3.77. The summed E-state index contributed by atoms with van der Waals surface area (Å²) in [6, 6.07) is 10.2. The van der Waals surface area contributed by atoms with Gasteiger partial charge in [-0.05, 0) is 18.6 Å². The Morgan fingerprint density at radius 2 is 2.14 bits per heavy atom. The zero-order valence-electron chi connectivity index (χ0n) is 12.0. The number of ether oxygens (including phenoxy) is 1. The minimum absolute atomic E-state index is 0.236. The van der Waals surface area contributed by atoms with Crippen LogP contribution in [0.15, 0.2) is 36.5 Å². The number of likely N-dealkylation sites (tertiary alicyclic amines) is 1. The highest BCUT2D eigenvalue weighted by molar-refractivity contribution is 5.81. The second-order valence-corrected chi connectivity index (χ2v) is 5.77. The number of aromatic nitrogens is 1. The van der Waals surface area contributed by atoms with Crippen molar-refractivity contribution >= 4 is 16.9 Å². The number of aliphatic carboxylic acids is 1. The van der Waals surface area contributed by atoms with Gasteiger partial charge in [-0.25, -0.2) is 4.79 Å². The molecule has 2 aromatic rings. The van der Waals surface area contributed by atoms with E-state index < -0.39 is 5.97 Å². The summed E-state index contributed by atoms with van der Waals surface area (Å²) in [5.74, 6) is -0.923. The SMILES string of the molecule is CC1(OCC(=O)O)CN(Cc2cccc3cccnc23)C1. The second kappa shape index (κ2) is 5.42. The van der Waals surface area contributed by atoms with E-state index in [0.29, 0.717) is 0 Å². The van der Waals surface area contributed by atoms with Crippen LogP contribution in [0.2, 0.25) is 0 Å². The molecule has 1 aliphatic rings. The average Bonchev–Trinajstić information content (AvgIpc) is 2.44. The van der Waals surface area contributed by atoms with Gasteiger partial charge in [-0.3, -0.25) is 9.88 Å². The first-order chi connectivity index (χ1) is 10.1. The first-order valence-electron chi connectivity index (χ1n) is 6.96. The van der Waals surface area contributed by atoms with E-state index in [-0.39, 0.29) is 12.2 Å². The predicted molar refractivity (Wildman–Crippen MR) is 79.0 cm³/mol. The number of benzene rings is 1. The number of carbonyl (C=O) groups is 1. The van der Waals surface area contributed by atoms with Crippen molar-refractivity contribution in [2.45, 2.75) is 19.1 Å². The predicted octanol–water partition coefficient (Wildman–Crippen LogP) is 1.91. The molecule has 0 atom stereocenters. The summed E-state index contributed by atoms with van der Waals surface area (Å²) in [4.78, 5) is 17.3. The number of carboxylic acids is 1. The molecule has 3 rings (SSSR count). The van der Waals surface area contributed by atoms with Crippen LogP contribution in [-0.4, -0.2) is 46.3 Å². The number of hydrogen-bond donors (Lipinski definition) is 1. The fourth-order valence-corrected chi connectivity index (χ4v) is 2.87. The Morgan fingerprint density at radius 1 is 1.38 bits per heavy atom. The minimum Gasteiger partial charge on any atom is -0.480 e. The standard InChI is InChI=1S/C16H18N2O3/c1-16(21-9-14(19)20)10-18(11-16)8-13-5-2-4-12-6-3-7-17-15(12)13/h2-7H,8-11H2,1H3,(H,19,20). The van der Waals surface area contributed by atoms with Crippen LogP contribution in [0.5, 0.6) is 0 Å². The molecule has 21 heavy (non-hydrogen) atoms. The molecule has 0 radical (unpaired) electrons. The van der Waals surface area contributed by atoms with Gasteiger partial charge in [-0.15, -0.1) is 0 Å². The van der Waals surface area contributed by atoms with Crippen molar-refractivity contribution in [1.82, 2.24) is 9.88 Å². The maximum absolute atomic E-state index is 10.6. The second-order valence-electron chi connectivity index (χ2n) is 5.77. The zero-order chi connectivity index (χ0) is 14.9. The van der Waals surface area contributed by atoms with E-state index in [9.17, 15) is 4.79 Å². The summed E-state index contributed by atoms with van der Waals surface area (Å²) < 4.78 is 5.43.